The summed E-state index contributed by atoms with van der Waals surface area (Å²) in [4.78, 5) is 11.9. The van der Waals surface area contributed by atoms with E-state index in [4.69, 9.17) is 10.5 Å². The molecule has 0 radical (unpaired) electrons. The van der Waals surface area contributed by atoms with Crippen LogP contribution in [0.2, 0.25) is 0 Å². The Bertz CT molecular complexity index is 645. The molecule has 5 nitrogen and oxygen atoms in total. The highest BCUT2D eigenvalue weighted by atomic mass is 16.5. The molecule has 0 unspecified atom stereocenters. The average Bonchev–Trinajstić information content (AvgIpc) is 2.43. The third kappa shape index (κ3) is 2.99. The van der Waals surface area contributed by atoms with Gasteiger partial charge in [-0.3, -0.25) is 4.79 Å². The Kier molecular flexibility index (Phi) is 4.08. The van der Waals surface area contributed by atoms with Gasteiger partial charge in [0.05, 0.1) is 12.8 Å². The minimum atomic E-state index is -0.240. The van der Waals surface area contributed by atoms with Gasteiger partial charge in [-0.1, -0.05) is 13.8 Å². The fraction of sp³-hybridized carbons (Fsp3) is 0.333. The minimum Gasteiger partial charge on any atom is -0.497 e. The van der Waals surface area contributed by atoms with E-state index in [1.165, 1.54) is 4.68 Å². The van der Waals surface area contributed by atoms with Crippen LogP contribution in [0.25, 0.3) is 11.3 Å². The SMILES string of the molecule is COc1ccc(-c2cc(N)c(=O)n(CC(C)C)n2)cc1. The third-order valence-corrected chi connectivity index (χ3v) is 2.93. The van der Waals surface area contributed by atoms with Crippen molar-refractivity contribution in [2.45, 2.75) is 20.4 Å². The second-order valence-electron chi connectivity index (χ2n) is 5.09. The van der Waals surface area contributed by atoms with Crippen molar-refractivity contribution in [3.63, 3.8) is 0 Å². The number of nitrogens with two attached hydrogens (primary N) is 1. The molecule has 2 rings (SSSR count). The number of hydrogen-bond donors (Lipinski definition) is 1. The Morgan fingerprint density at radius 1 is 1.30 bits per heavy atom. The van der Waals surface area contributed by atoms with Gasteiger partial charge in [0.2, 0.25) is 0 Å². The molecule has 0 atom stereocenters. The van der Waals surface area contributed by atoms with Crippen molar-refractivity contribution < 1.29 is 4.74 Å². The molecule has 0 saturated carbocycles. The lowest BCUT2D eigenvalue weighted by molar-refractivity contribution is 0.415. The number of methoxy groups -OCH3 is 1. The zero-order valence-electron chi connectivity index (χ0n) is 12.0. The first-order chi connectivity index (χ1) is 9.51. The summed E-state index contributed by atoms with van der Waals surface area (Å²) in [5.74, 6) is 1.10. The van der Waals surface area contributed by atoms with Gasteiger partial charge in [-0.2, -0.15) is 5.10 Å². The van der Waals surface area contributed by atoms with Crippen LogP contribution < -0.4 is 16.0 Å². The highest BCUT2D eigenvalue weighted by Gasteiger charge is 2.09. The van der Waals surface area contributed by atoms with E-state index in [-0.39, 0.29) is 11.2 Å². The number of rotatable bonds is 4. The molecule has 0 aliphatic rings. The van der Waals surface area contributed by atoms with E-state index in [0.717, 1.165) is 11.3 Å². The molecule has 5 heteroatoms. The van der Waals surface area contributed by atoms with Crippen LogP contribution in [-0.4, -0.2) is 16.9 Å². The first kappa shape index (κ1) is 14.1. The molecule has 2 N–H and O–H groups in total. The lowest BCUT2D eigenvalue weighted by Crippen LogP contribution is -2.27. The molecule has 0 spiro atoms. The molecule has 0 aliphatic heterocycles. The van der Waals surface area contributed by atoms with E-state index in [0.29, 0.717) is 18.2 Å². The van der Waals surface area contributed by atoms with Crippen LogP contribution >= 0.6 is 0 Å². The van der Waals surface area contributed by atoms with Gasteiger partial charge in [0.1, 0.15) is 11.4 Å². The zero-order valence-corrected chi connectivity index (χ0v) is 12.0. The molecule has 0 bridgehead atoms. The number of anilines is 1. The topological polar surface area (TPSA) is 70.1 Å². The maximum absolute atomic E-state index is 11.9. The van der Waals surface area contributed by atoms with Gasteiger partial charge < -0.3 is 10.5 Å². The molecular formula is C15H19N3O2. The quantitative estimate of drug-likeness (QED) is 0.926. The fourth-order valence-electron chi connectivity index (χ4n) is 1.93. The summed E-state index contributed by atoms with van der Waals surface area (Å²) in [6.45, 7) is 4.61. The van der Waals surface area contributed by atoms with Crippen molar-refractivity contribution in [3.05, 3.63) is 40.7 Å². The monoisotopic (exact) mass is 273 g/mol. The first-order valence-electron chi connectivity index (χ1n) is 6.53. The lowest BCUT2D eigenvalue weighted by atomic mass is 10.1. The number of aromatic nitrogens is 2. The summed E-state index contributed by atoms with van der Waals surface area (Å²) in [6, 6.07) is 9.10. The number of hydrogen-bond acceptors (Lipinski definition) is 4. The predicted octanol–water partition coefficient (Wildman–Crippen LogP) is 2.16. The fourth-order valence-corrected chi connectivity index (χ4v) is 1.93. The third-order valence-electron chi connectivity index (χ3n) is 2.93. The molecule has 0 amide bonds. The summed E-state index contributed by atoms with van der Waals surface area (Å²) in [6.07, 6.45) is 0. The van der Waals surface area contributed by atoms with Crippen molar-refractivity contribution in [2.24, 2.45) is 5.92 Å². The highest BCUT2D eigenvalue weighted by molar-refractivity contribution is 5.62. The van der Waals surface area contributed by atoms with Crippen LogP contribution in [0.1, 0.15) is 13.8 Å². The molecule has 0 fully saturated rings. The van der Waals surface area contributed by atoms with E-state index in [2.05, 4.69) is 5.10 Å². The largest absolute Gasteiger partial charge is 0.497 e. The van der Waals surface area contributed by atoms with Crippen molar-refractivity contribution >= 4 is 5.69 Å². The van der Waals surface area contributed by atoms with E-state index >= 15 is 0 Å². The molecule has 1 aromatic heterocycles. The Morgan fingerprint density at radius 2 is 1.95 bits per heavy atom. The molecule has 106 valence electrons. The van der Waals surface area contributed by atoms with Gasteiger partial charge in [0, 0.05) is 12.1 Å². The van der Waals surface area contributed by atoms with Crippen molar-refractivity contribution in [1.29, 1.82) is 0 Å². The standard InChI is InChI=1S/C15H19N3O2/c1-10(2)9-18-15(19)13(16)8-14(17-18)11-4-6-12(20-3)7-5-11/h4-8,10H,9,16H2,1-3H3. The van der Waals surface area contributed by atoms with Crippen LogP contribution in [0.5, 0.6) is 5.75 Å². The lowest BCUT2D eigenvalue weighted by Gasteiger charge is -2.11. The van der Waals surface area contributed by atoms with Gasteiger partial charge >= 0.3 is 0 Å². The van der Waals surface area contributed by atoms with E-state index in [1.54, 1.807) is 13.2 Å². The Balaban J connectivity index is 2.45. The van der Waals surface area contributed by atoms with Crippen LogP contribution in [0, 0.1) is 5.92 Å². The second kappa shape index (κ2) is 5.77. The number of nitrogens with zero attached hydrogens (tertiary/aromatic N) is 2. The summed E-state index contributed by atoms with van der Waals surface area (Å²) in [5, 5.41) is 4.38. The normalized spacial score (nSPS) is 10.8. The second-order valence-corrected chi connectivity index (χ2v) is 5.09. The number of benzene rings is 1. The van der Waals surface area contributed by atoms with E-state index < -0.39 is 0 Å². The van der Waals surface area contributed by atoms with Gasteiger partial charge in [-0.15, -0.1) is 0 Å². The summed E-state index contributed by atoms with van der Waals surface area (Å²) in [5.41, 5.74) is 7.35. The average molecular weight is 273 g/mol. The Labute approximate surface area is 118 Å². The van der Waals surface area contributed by atoms with Gasteiger partial charge in [-0.25, -0.2) is 4.68 Å². The summed E-state index contributed by atoms with van der Waals surface area (Å²) in [7, 11) is 1.62. The van der Waals surface area contributed by atoms with E-state index in [9.17, 15) is 4.79 Å². The predicted molar refractivity (Wildman–Crippen MR) is 79.7 cm³/mol. The molecule has 1 aromatic carbocycles. The maximum Gasteiger partial charge on any atom is 0.289 e. The van der Waals surface area contributed by atoms with Crippen molar-refractivity contribution in [1.82, 2.24) is 9.78 Å². The molecule has 0 saturated heterocycles. The number of ether oxygens (including phenoxy) is 1. The van der Waals surface area contributed by atoms with Crippen molar-refractivity contribution in [2.75, 3.05) is 12.8 Å². The first-order valence-corrected chi connectivity index (χ1v) is 6.53. The Hall–Kier alpha value is -2.30. The highest BCUT2D eigenvalue weighted by Crippen LogP contribution is 2.20. The molecule has 20 heavy (non-hydrogen) atoms. The molecule has 0 aliphatic carbocycles. The van der Waals surface area contributed by atoms with Crippen LogP contribution in [0.3, 0.4) is 0 Å². The summed E-state index contributed by atoms with van der Waals surface area (Å²) >= 11 is 0. The molecule has 2 aromatic rings. The minimum absolute atomic E-state index is 0.214. The van der Waals surface area contributed by atoms with Gasteiger partial charge in [0.25, 0.3) is 5.56 Å². The van der Waals surface area contributed by atoms with E-state index in [1.807, 2.05) is 38.1 Å². The molecular weight excluding hydrogens is 254 g/mol. The van der Waals surface area contributed by atoms with Gasteiger partial charge in [-0.05, 0) is 36.2 Å². The molecule has 1 heterocycles. The van der Waals surface area contributed by atoms with Gasteiger partial charge in [0.15, 0.2) is 0 Å². The van der Waals surface area contributed by atoms with Crippen LogP contribution in [0.4, 0.5) is 5.69 Å². The summed E-state index contributed by atoms with van der Waals surface area (Å²) < 4.78 is 6.55. The smallest absolute Gasteiger partial charge is 0.289 e. The van der Waals surface area contributed by atoms with Crippen LogP contribution in [0.15, 0.2) is 35.1 Å². The number of nitrogen functional groups attached to an aromatic ring is 1. The maximum atomic E-state index is 11.9. The van der Waals surface area contributed by atoms with Crippen LogP contribution in [-0.2, 0) is 6.54 Å². The zero-order chi connectivity index (χ0) is 14.7. The Morgan fingerprint density at radius 3 is 2.50 bits per heavy atom. The van der Waals surface area contributed by atoms with Crippen molar-refractivity contribution in [3.8, 4) is 17.0 Å².